The van der Waals surface area contributed by atoms with Crippen molar-refractivity contribution in [2.45, 2.75) is 18.4 Å². The SMILES string of the molecule is O=[N+]([O-])c1ccc(C2=CC3(CCNCC3)OC2)cc1. The molecule has 100 valence electrons. The van der Waals surface area contributed by atoms with Crippen LogP contribution >= 0.6 is 0 Å². The number of rotatable bonds is 2. The van der Waals surface area contributed by atoms with Crippen molar-refractivity contribution in [3.8, 4) is 0 Å². The number of hydrogen-bond donors (Lipinski definition) is 1. The lowest BCUT2D eigenvalue weighted by atomic mass is 9.91. The Labute approximate surface area is 111 Å². The second-order valence-corrected chi connectivity index (χ2v) is 5.08. The van der Waals surface area contributed by atoms with Gasteiger partial charge in [-0.3, -0.25) is 10.1 Å². The van der Waals surface area contributed by atoms with Crippen molar-refractivity contribution in [1.29, 1.82) is 0 Å². The van der Waals surface area contributed by atoms with Gasteiger partial charge in [-0.05, 0) is 55.3 Å². The molecule has 1 spiro atoms. The summed E-state index contributed by atoms with van der Waals surface area (Å²) in [7, 11) is 0. The minimum Gasteiger partial charge on any atom is -0.366 e. The van der Waals surface area contributed by atoms with Crippen LogP contribution in [0.4, 0.5) is 5.69 Å². The molecule has 1 aromatic rings. The summed E-state index contributed by atoms with van der Waals surface area (Å²) in [5, 5.41) is 14.0. The highest BCUT2D eigenvalue weighted by molar-refractivity contribution is 5.70. The standard InChI is InChI=1S/C14H16N2O3/c17-16(18)13-3-1-11(2-4-13)12-9-14(19-10-12)5-7-15-8-6-14/h1-4,9,15H,5-8,10H2. The van der Waals surface area contributed by atoms with Crippen LogP contribution in [0.15, 0.2) is 30.3 Å². The van der Waals surface area contributed by atoms with Crippen molar-refractivity contribution < 1.29 is 9.66 Å². The topological polar surface area (TPSA) is 64.4 Å². The van der Waals surface area contributed by atoms with E-state index in [2.05, 4.69) is 11.4 Å². The quantitative estimate of drug-likeness (QED) is 0.653. The molecule has 2 heterocycles. The largest absolute Gasteiger partial charge is 0.366 e. The number of nitrogens with zero attached hydrogens (tertiary/aromatic N) is 1. The van der Waals surface area contributed by atoms with E-state index in [9.17, 15) is 10.1 Å². The lowest BCUT2D eigenvalue weighted by molar-refractivity contribution is -0.384. The van der Waals surface area contributed by atoms with Crippen LogP contribution in [0, 0.1) is 10.1 Å². The molecule has 5 nitrogen and oxygen atoms in total. The molecule has 0 radical (unpaired) electrons. The number of non-ortho nitro benzene ring substituents is 1. The Hall–Kier alpha value is -1.72. The molecule has 2 aliphatic heterocycles. The Morgan fingerprint density at radius 2 is 1.89 bits per heavy atom. The number of hydrogen-bond acceptors (Lipinski definition) is 4. The molecular weight excluding hydrogens is 244 g/mol. The van der Waals surface area contributed by atoms with Crippen LogP contribution in [-0.4, -0.2) is 30.2 Å². The lowest BCUT2D eigenvalue weighted by Crippen LogP contribution is -2.40. The number of nitrogens with one attached hydrogen (secondary N) is 1. The van der Waals surface area contributed by atoms with Gasteiger partial charge in [0.1, 0.15) is 0 Å². The number of nitro groups is 1. The predicted octanol–water partition coefficient (Wildman–Crippen LogP) is 2.13. The molecule has 0 saturated carbocycles. The van der Waals surface area contributed by atoms with Gasteiger partial charge >= 0.3 is 0 Å². The van der Waals surface area contributed by atoms with E-state index >= 15 is 0 Å². The highest BCUT2D eigenvalue weighted by Gasteiger charge is 2.35. The molecular formula is C14H16N2O3. The van der Waals surface area contributed by atoms with E-state index in [0.29, 0.717) is 6.61 Å². The third-order valence-electron chi connectivity index (χ3n) is 3.85. The average Bonchev–Trinajstić information content (AvgIpc) is 2.83. The molecule has 0 amide bonds. The van der Waals surface area contributed by atoms with Gasteiger partial charge in [0.15, 0.2) is 0 Å². The van der Waals surface area contributed by atoms with Gasteiger partial charge in [0, 0.05) is 12.1 Å². The van der Waals surface area contributed by atoms with Gasteiger partial charge in [-0.1, -0.05) is 0 Å². The van der Waals surface area contributed by atoms with Crippen molar-refractivity contribution in [3.05, 3.63) is 46.0 Å². The second kappa shape index (κ2) is 4.75. The molecule has 1 N–H and O–H groups in total. The molecule has 0 bridgehead atoms. The van der Waals surface area contributed by atoms with Crippen LogP contribution in [0.1, 0.15) is 18.4 Å². The summed E-state index contributed by atoms with van der Waals surface area (Å²) in [6, 6.07) is 6.69. The molecule has 1 saturated heterocycles. The monoisotopic (exact) mass is 260 g/mol. The molecule has 0 atom stereocenters. The Balaban J connectivity index is 1.82. The first kappa shape index (κ1) is 12.3. The van der Waals surface area contributed by atoms with E-state index in [0.717, 1.165) is 37.1 Å². The fourth-order valence-corrected chi connectivity index (χ4v) is 2.72. The lowest BCUT2D eigenvalue weighted by Gasteiger charge is -2.31. The second-order valence-electron chi connectivity index (χ2n) is 5.08. The van der Waals surface area contributed by atoms with E-state index in [4.69, 9.17) is 4.74 Å². The van der Waals surface area contributed by atoms with Gasteiger partial charge in [0.2, 0.25) is 0 Å². The normalized spacial score (nSPS) is 21.4. The third-order valence-corrected chi connectivity index (χ3v) is 3.85. The zero-order valence-corrected chi connectivity index (χ0v) is 10.6. The molecule has 1 fully saturated rings. The van der Waals surface area contributed by atoms with Crippen molar-refractivity contribution >= 4 is 11.3 Å². The first-order valence-electron chi connectivity index (χ1n) is 6.50. The molecule has 3 rings (SSSR count). The molecule has 2 aliphatic rings. The van der Waals surface area contributed by atoms with Crippen LogP contribution in [0.3, 0.4) is 0 Å². The van der Waals surface area contributed by atoms with E-state index in [1.54, 1.807) is 24.3 Å². The van der Waals surface area contributed by atoms with E-state index in [1.165, 1.54) is 0 Å². The molecule has 1 aromatic carbocycles. The summed E-state index contributed by atoms with van der Waals surface area (Å²) < 4.78 is 5.96. The number of piperidine rings is 1. The van der Waals surface area contributed by atoms with Crippen molar-refractivity contribution in [2.75, 3.05) is 19.7 Å². The Morgan fingerprint density at radius 1 is 1.21 bits per heavy atom. The first-order chi connectivity index (χ1) is 9.19. The molecule has 5 heteroatoms. The summed E-state index contributed by atoms with van der Waals surface area (Å²) in [4.78, 5) is 10.3. The van der Waals surface area contributed by atoms with Gasteiger partial charge in [-0.15, -0.1) is 0 Å². The minimum absolute atomic E-state index is 0.123. The van der Waals surface area contributed by atoms with Crippen molar-refractivity contribution in [1.82, 2.24) is 5.32 Å². The van der Waals surface area contributed by atoms with Gasteiger partial charge in [0.25, 0.3) is 5.69 Å². The number of nitro benzene ring substituents is 1. The van der Waals surface area contributed by atoms with Crippen LogP contribution in [-0.2, 0) is 4.74 Å². The van der Waals surface area contributed by atoms with E-state index in [1.807, 2.05) is 0 Å². The van der Waals surface area contributed by atoms with Gasteiger partial charge in [-0.25, -0.2) is 0 Å². The maximum atomic E-state index is 10.6. The Bertz CT molecular complexity index is 516. The van der Waals surface area contributed by atoms with Gasteiger partial charge in [-0.2, -0.15) is 0 Å². The summed E-state index contributed by atoms with van der Waals surface area (Å²) >= 11 is 0. The van der Waals surface area contributed by atoms with Crippen molar-refractivity contribution in [3.63, 3.8) is 0 Å². The van der Waals surface area contributed by atoms with Gasteiger partial charge < -0.3 is 10.1 Å². The zero-order chi connectivity index (χ0) is 13.3. The van der Waals surface area contributed by atoms with Crippen LogP contribution in [0.5, 0.6) is 0 Å². The maximum absolute atomic E-state index is 10.6. The zero-order valence-electron chi connectivity index (χ0n) is 10.6. The predicted molar refractivity (Wildman–Crippen MR) is 71.9 cm³/mol. The highest BCUT2D eigenvalue weighted by atomic mass is 16.6. The maximum Gasteiger partial charge on any atom is 0.269 e. The Kier molecular flexibility index (Phi) is 3.08. The van der Waals surface area contributed by atoms with E-state index in [-0.39, 0.29) is 16.2 Å². The van der Waals surface area contributed by atoms with Crippen LogP contribution < -0.4 is 5.32 Å². The molecule has 19 heavy (non-hydrogen) atoms. The fourth-order valence-electron chi connectivity index (χ4n) is 2.72. The Morgan fingerprint density at radius 3 is 2.53 bits per heavy atom. The fraction of sp³-hybridized carbons (Fsp3) is 0.429. The van der Waals surface area contributed by atoms with Crippen LogP contribution in [0.25, 0.3) is 5.57 Å². The first-order valence-corrected chi connectivity index (χ1v) is 6.50. The smallest absolute Gasteiger partial charge is 0.269 e. The summed E-state index contributed by atoms with van der Waals surface area (Å²) in [6.45, 7) is 2.55. The van der Waals surface area contributed by atoms with E-state index < -0.39 is 0 Å². The van der Waals surface area contributed by atoms with Crippen LogP contribution in [0.2, 0.25) is 0 Å². The summed E-state index contributed by atoms with van der Waals surface area (Å²) in [5.74, 6) is 0. The summed E-state index contributed by atoms with van der Waals surface area (Å²) in [5.41, 5.74) is 2.15. The van der Waals surface area contributed by atoms with Crippen molar-refractivity contribution in [2.24, 2.45) is 0 Å². The average molecular weight is 260 g/mol. The molecule has 0 aliphatic carbocycles. The highest BCUT2D eigenvalue weighted by Crippen LogP contribution is 2.35. The summed E-state index contributed by atoms with van der Waals surface area (Å²) in [6.07, 6.45) is 4.18. The minimum atomic E-state index is -0.377. The molecule has 0 unspecified atom stereocenters. The number of benzene rings is 1. The third kappa shape index (κ3) is 2.39. The molecule has 0 aromatic heterocycles. The number of ether oxygens (including phenoxy) is 1. The van der Waals surface area contributed by atoms with Gasteiger partial charge in [0.05, 0.1) is 17.1 Å².